The number of aromatic nitrogens is 2. The average molecular weight is 181 g/mol. The van der Waals surface area contributed by atoms with E-state index < -0.39 is 0 Å². The summed E-state index contributed by atoms with van der Waals surface area (Å²) >= 11 is 0. The average Bonchev–Trinajstić information content (AvgIpc) is 2.04. The van der Waals surface area contributed by atoms with Gasteiger partial charge in [0.2, 0.25) is 5.95 Å². The van der Waals surface area contributed by atoms with Gasteiger partial charge in [0.05, 0.1) is 6.61 Å². The van der Waals surface area contributed by atoms with E-state index in [9.17, 15) is 0 Å². The molecule has 0 amide bonds. The maximum Gasteiger partial charge on any atom is 0.223 e. The van der Waals surface area contributed by atoms with E-state index >= 15 is 0 Å². The second-order valence-corrected chi connectivity index (χ2v) is 3.02. The SMILES string of the molecule is COCC(C)Nc1nccc(C)n1. The molecule has 0 radical (unpaired) electrons. The quantitative estimate of drug-likeness (QED) is 0.759. The van der Waals surface area contributed by atoms with Gasteiger partial charge in [0.1, 0.15) is 0 Å². The predicted molar refractivity (Wildman–Crippen MR) is 51.7 cm³/mol. The van der Waals surface area contributed by atoms with Crippen LogP contribution in [0.1, 0.15) is 12.6 Å². The molecule has 0 saturated carbocycles. The Kier molecular flexibility index (Phi) is 3.64. The fourth-order valence-corrected chi connectivity index (χ4v) is 1.03. The van der Waals surface area contributed by atoms with Gasteiger partial charge in [-0.15, -0.1) is 0 Å². The number of rotatable bonds is 4. The van der Waals surface area contributed by atoms with Gasteiger partial charge >= 0.3 is 0 Å². The molecule has 0 aliphatic carbocycles. The molecule has 0 saturated heterocycles. The molecule has 0 spiro atoms. The number of nitrogens with zero attached hydrogens (tertiary/aromatic N) is 2. The molecule has 0 bridgehead atoms. The zero-order valence-corrected chi connectivity index (χ0v) is 8.24. The molecule has 0 aliphatic rings. The maximum absolute atomic E-state index is 4.99. The molecule has 0 fully saturated rings. The number of anilines is 1. The van der Waals surface area contributed by atoms with Gasteiger partial charge in [-0.25, -0.2) is 9.97 Å². The van der Waals surface area contributed by atoms with Crippen molar-refractivity contribution in [2.24, 2.45) is 0 Å². The third-order valence-corrected chi connectivity index (χ3v) is 1.59. The second kappa shape index (κ2) is 4.77. The molecular weight excluding hydrogens is 166 g/mol. The van der Waals surface area contributed by atoms with E-state index in [2.05, 4.69) is 15.3 Å². The minimum Gasteiger partial charge on any atom is -0.383 e. The number of aryl methyl sites for hydroxylation is 1. The summed E-state index contributed by atoms with van der Waals surface area (Å²) in [6, 6.07) is 2.10. The van der Waals surface area contributed by atoms with Crippen LogP contribution in [-0.4, -0.2) is 29.7 Å². The lowest BCUT2D eigenvalue weighted by Crippen LogP contribution is -2.22. The summed E-state index contributed by atoms with van der Waals surface area (Å²) in [6.45, 7) is 4.61. The Morgan fingerprint density at radius 2 is 2.38 bits per heavy atom. The van der Waals surface area contributed by atoms with Crippen LogP contribution in [-0.2, 0) is 4.74 Å². The van der Waals surface area contributed by atoms with Crippen LogP contribution < -0.4 is 5.32 Å². The van der Waals surface area contributed by atoms with E-state index in [0.717, 1.165) is 5.69 Å². The highest BCUT2D eigenvalue weighted by molar-refractivity contribution is 5.25. The van der Waals surface area contributed by atoms with Crippen molar-refractivity contribution in [1.82, 2.24) is 9.97 Å². The summed E-state index contributed by atoms with van der Waals surface area (Å²) in [5.41, 5.74) is 0.960. The zero-order valence-electron chi connectivity index (χ0n) is 8.24. The largest absolute Gasteiger partial charge is 0.383 e. The van der Waals surface area contributed by atoms with Crippen LogP contribution in [0.5, 0.6) is 0 Å². The van der Waals surface area contributed by atoms with Gasteiger partial charge in [-0.2, -0.15) is 0 Å². The standard InChI is InChI=1S/C9H15N3O/c1-7-4-5-10-9(11-7)12-8(2)6-13-3/h4-5,8H,6H2,1-3H3,(H,10,11,12). The predicted octanol–water partition coefficient (Wildman–Crippen LogP) is 1.23. The first-order valence-corrected chi connectivity index (χ1v) is 4.27. The van der Waals surface area contributed by atoms with Crippen LogP contribution in [0.15, 0.2) is 12.3 Å². The van der Waals surface area contributed by atoms with Crippen LogP contribution in [0.2, 0.25) is 0 Å². The van der Waals surface area contributed by atoms with Gasteiger partial charge in [-0.05, 0) is 19.9 Å². The van der Waals surface area contributed by atoms with Gasteiger partial charge in [-0.3, -0.25) is 0 Å². The Bertz CT molecular complexity index is 265. The molecule has 13 heavy (non-hydrogen) atoms. The van der Waals surface area contributed by atoms with Crippen molar-refractivity contribution in [3.05, 3.63) is 18.0 Å². The maximum atomic E-state index is 4.99. The normalized spacial score (nSPS) is 12.5. The molecule has 4 nitrogen and oxygen atoms in total. The van der Waals surface area contributed by atoms with Crippen LogP contribution in [0.3, 0.4) is 0 Å². The molecule has 1 aromatic heterocycles. The monoisotopic (exact) mass is 181 g/mol. The number of methoxy groups -OCH3 is 1. The number of hydrogen-bond acceptors (Lipinski definition) is 4. The van der Waals surface area contributed by atoms with E-state index in [0.29, 0.717) is 12.6 Å². The molecule has 0 aromatic carbocycles. The second-order valence-electron chi connectivity index (χ2n) is 3.02. The number of nitrogens with one attached hydrogen (secondary N) is 1. The zero-order chi connectivity index (χ0) is 9.68. The topological polar surface area (TPSA) is 47.0 Å². The van der Waals surface area contributed by atoms with Gasteiger partial charge in [0.25, 0.3) is 0 Å². The van der Waals surface area contributed by atoms with Gasteiger partial charge in [0, 0.05) is 25.0 Å². The lowest BCUT2D eigenvalue weighted by Gasteiger charge is -2.12. The van der Waals surface area contributed by atoms with Crippen molar-refractivity contribution in [2.75, 3.05) is 19.0 Å². The van der Waals surface area contributed by atoms with Gasteiger partial charge in [0.15, 0.2) is 0 Å². The van der Waals surface area contributed by atoms with Crippen molar-refractivity contribution in [3.8, 4) is 0 Å². The van der Waals surface area contributed by atoms with Crippen LogP contribution in [0.25, 0.3) is 0 Å². The van der Waals surface area contributed by atoms with Crippen molar-refractivity contribution in [2.45, 2.75) is 19.9 Å². The van der Waals surface area contributed by atoms with Gasteiger partial charge < -0.3 is 10.1 Å². The first-order chi connectivity index (χ1) is 6.22. The van der Waals surface area contributed by atoms with E-state index in [-0.39, 0.29) is 6.04 Å². The van der Waals surface area contributed by atoms with Crippen LogP contribution in [0.4, 0.5) is 5.95 Å². The Morgan fingerprint density at radius 3 is 3.00 bits per heavy atom. The molecule has 1 aromatic rings. The molecule has 1 heterocycles. The highest BCUT2D eigenvalue weighted by Gasteiger charge is 2.02. The molecule has 1 N–H and O–H groups in total. The minimum absolute atomic E-state index is 0.229. The summed E-state index contributed by atoms with van der Waals surface area (Å²) in [5.74, 6) is 0.657. The first-order valence-electron chi connectivity index (χ1n) is 4.27. The summed E-state index contributed by atoms with van der Waals surface area (Å²) in [7, 11) is 1.68. The lowest BCUT2D eigenvalue weighted by molar-refractivity contribution is 0.190. The molecule has 4 heteroatoms. The summed E-state index contributed by atoms with van der Waals surface area (Å²) in [5, 5.41) is 3.14. The lowest BCUT2D eigenvalue weighted by atomic mass is 10.4. The summed E-state index contributed by atoms with van der Waals surface area (Å²) < 4.78 is 4.99. The summed E-state index contributed by atoms with van der Waals surface area (Å²) in [4.78, 5) is 8.30. The third-order valence-electron chi connectivity index (χ3n) is 1.59. The fourth-order valence-electron chi connectivity index (χ4n) is 1.03. The van der Waals surface area contributed by atoms with Crippen molar-refractivity contribution >= 4 is 5.95 Å². The molecule has 1 atom stereocenters. The Balaban J connectivity index is 2.53. The summed E-state index contributed by atoms with van der Waals surface area (Å²) in [6.07, 6.45) is 1.74. The van der Waals surface area contributed by atoms with E-state index in [4.69, 9.17) is 4.74 Å². The Morgan fingerprint density at radius 1 is 1.62 bits per heavy atom. The van der Waals surface area contributed by atoms with Crippen molar-refractivity contribution in [1.29, 1.82) is 0 Å². The number of hydrogen-bond donors (Lipinski definition) is 1. The van der Waals surface area contributed by atoms with E-state index in [1.165, 1.54) is 0 Å². The van der Waals surface area contributed by atoms with Crippen molar-refractivity contribution < 1.29 is 4.74 Å². The smallest absolute Gasteiger partial charge is 0.223 e. The molecule has 72 valence electrons. The van der Waals surface area contributed by atoms with Gasteiger partial charge in [-0.1, -0.05) is 0 Å². The molecule has 1 unspecified atom stereocenters. The Hall–Kier alpha value is -1.16. The first kappa shape index (κ1) is 9.92. The minimum atomic E-state index is 0.229. The fraction of sp³-hybridized carbons (Fsp3) is 0.556. The number of ether oxygens (including phenoxy) is 1. The van der Waals surface area contributed by atoms with Crippen LogP contribution in [0, 0.1) is 6.92 Å². The molecular formula is C9H15N3O. The third kappa shape index (κ3) is 3.38. The highest BCUT2D eigenvalue weighted by atomic mass is 16.5. The highest BCUT2D eigenvalue weighted by Crippen LogP contribution is 2.00. The molecule has 0 aliphatic heterocycles. The van der Waals surface area contributed by atoms with Crippen LogP contribution >= 0.6 is 0 Å². The molecule has 1 rings (SSSR count). The van der Waals surface area contributed by atoms with Crippen molar-refractivity contribution in [3.63, 3.8) is 0 Å². The Labute approximate surface area is 78.4 Å². The van der Waals surface area contributed by atoms with E-state index in [1.807, 2.05) is 19.9 Å². The van der Waals surface area contributed by atoms with E-state index in [1.54, 1.807) is 13.3 Å².